The smallest absolute Gasteiger partial charge is 0.230 e. The third kappa shape index (κ3) is 3.86. The quantitative estimate of drug-likeness (QED) is 0.818. The lowest BCUT2D eigenvalue weighted by atomic mass is 9.96. The molecule has 1 rings (SSSR count). The zero-order valence-electron chi connectivity index (χ0n) is 9.86. The second-order valence-electron chi connectivity index (χ2n) is 4.20. The van der Waals surface area contributed by atoms with Gasteiger partial charge < -0.3 is 11.1 Å². The molecule has 0 fully saturated rings. The minimum atomic E-state index is -0.149. The number of aromatic nitrogens is 2. The fourth-order valence-electron chi connectivity index (χ4n) is 1.43. The van der Waals surface area contributed by atoms with Gasteiger partial charge in [-0.2, -0.15) is 4.37 Å². The predicted molar refractivity (Wildman–Crippen MR) is 65.3 cm³/mol. The predicted octanol–water partition coefficient (Wildman–Crippen LogP) is 1.41. The standard InChI is InChI=1S/C10H18N4OS/c1-6(2)4-8(5-11)9(15)13-10-12-7(3)14-16-10/h6,8H,4-5,11H2,1-3H3,(H,12,13,14,15). The summed E-state index contributed by atoms with van der Waals surface area (Å²) in [7, 11) is 0. The maximum absolute atomic E-state index is 11.8. The Kier molecular flexibility index (Phi) is 4.82. The normalized spacial score (nSPS) is 12.8. The van der Waals surface area contributed by atoms with E-state index in [9.17, 15) is 4.79 Å². The highest BCUT2D eigenvalue weighted by Gasteiger charge is 2.19. The molecule has 0 radical (unpaired) electrons. The van der Waals surface area contributed by atoms with Crippen molar-refractivity contribution in [2.75, 3.05) is 11.9 Å². The number of hydrogen-bond donors (Lipinski definition) is 2. The fourth-order valence-corrected chi connectivity index (χ4v) is 2.01. The van der Waals surface area contributed by atoms with Crippen LogP contribution in [0.3, 0.4) is 0 Å². The highest BCUT2D eigenvalue weighted by molar-refractivity contribution is 7.09. The molecule has 6 heteroatoms. The van der Waals surface area contributed by atoms with Gasteiger partial charge in [-0.15, -0.1) is 0 Å². The van der Waals surface area contributed by atoms with Gasteiger partial charge in [0, 0.05) is 18.1 Å². The van der Waals surface area contributed by atoms with Crippen LogP contribution in [0.5, 0.6) is 0 Å². The van der Waals surface area contributed by atoms with Gasteiger partial charge in [0.2, 0.25) is 11.0 Å². The highest BCUT2D eigenvalue weighted by atomic mass is 32.1. The Morgan fingerprint density at radius 1 is 1.56 bits per heavy atom. The second-order valence-corrected chi connectivity index (χ2v) is 4.95. The van der Waals surface area contributed by atoms with Crippen molar-refractivity contribution in [2.45, 2.75) is 27.2 Å². The number of nitrogens with one attached hydrogen (secondary N) is 1. The van der Waals surface area contributed by atoms with Gasteiger partial charge >= 0.3 is 0 Å². The molecule has 5 nitrogen and oxygen atoms in total. The molecule has 1 heterocycles. The van der Waals surface area contributed by atoms with Crippen molar-refractivity contribution in [1.29, 1.82) is 0 Å². The van der Waals surface area contributed by atoms with E-state index < -0.39 is 0 Å². The Labute approximate surface area is 99.6 Å². The van der Waals surface area contributed by atoms with Crippen molar-refractivity contribution in [3.8, 4) is 0 Å². The maximum Gasteiger partial charge on any atom is 0.230 e. The molecular formula is C10H18N4OS. The molecule has 0 saturated heterocycles. The van der Waals surface area contributed by atoms with Gasteiger partial charge in [0.15, 0.2) is 0 Å². The van der Waals surface area contributed by atoms with E-state index in [0.29, 0.717) is 23.4 Å². The first-order valence-corrected chi connectivity index (χ1v) is 6.11. The molecule has 1 aromatic heterocycles. The molecule has 0 saturated carbocycles. The van der Waals surface area contributed by atoms with Crippen LogP contribution >= 0.6 is 11.5 Å². The molecule has 3 N–H and O–H groups in total. The summed E-state index contributed by atoms with van der Waals surface area (Å²) in [6, 6.07) is 0. The van der Waals surface area contributed by atoms with Crippen LogP contribution in [0, 0.1) is 18.8 Å². The van der Waals surface area contributed by atoms with Gasteiger partial charge in [0.1, 0.15) is 5.82 Å². The van der Waals surface area contributed by atoms with Crippen molar-refractivity contribution in [1.82, 2.24) is 9.36 Å². The minimum absolute atomic E-state index is 0.0626. The van der Waals surface area contributed by atoms with Crippen molar-refractivity contribution < 1.29 is 4.79 Å². The minimum Gasteiger partial charge on any atom is -0.330 e. The topological polar surface area (TPSA) is 80.9 Å². The molecule has 90 valence electrons. The number of nitrogens with zero attached hydrogens (tertiary/aromatic N) is 2. The Bertz CT molecular complexity index is 350. The summed E-state index contributed by atoms with van der Waals surface area (Å²) < 4.78 is 4.00. The molecule has 1 amide bonds. The van der Waals surface area contributed by atoms with Crippen LogP contribution in [-0.2, 0) is 4.79 Å². The SMILES string of the molecule is Cc1nsc(NC(=O)C(CN)CC(C)C)n1. The van der Waals surface area contributed by atoms with E-state index in [1.807, 2.05) is 0 Å². The zero-order chi connectivity index (χ0) is 12.1. The van der Waals surface area contributed by atoms with E-state index in [0.717, 1.165) is 6.42 Å². The molecule has 0 aromatic carbocycles. The lowest BCUT2D eigenvalue weighted by Gasteiger charge is -2.15. The van der Waals surface area contributed by atoms with Crippen molar-refractivity contribution in [3.05, 3.63) is 5.82 Å². The van der Waals surface area contributed by atoms with Crippen LogP contribution in [0.15, 0.2) is 0 Å². The number of hydrogen-bond acceptors (Lipinski definition) is 5. The average Bonchev–Trinajstić information content (AvgIpc) is 2.60. The van der Waals surface area contributed by atoms with E-state index >= 15 is 0 Å². The van der Waals surface area contributed by atoms with Gasteiger partial charge in [-0.25, -0.2) is 4.98 Å². The van der Waals surface area contributed by atoms with Crippen molar-refractivity contribution in [2.24, 2.45) is 17.6 Å². The maximum atomic E-state index is 11.8. The lowest BCUT2D eigenvalue weighted by Crippen LogP contribution is -2.30. The third-order valence-electron chi connectivity index (χ3n) is 2.17. The largest absolute Gasteiger partial charge is 0.330 e. The molecule has 16 heavy (non-hydrogen) atoms. The summed E-state index contributed by atoms with van der Waals surface area (Å²) in [6.45, 7) is 6.30. The molecular weight excluding hydrogens is 224 g/mol. The van der Waals surface area contributed by atoms with E-state index in [-0.39, 0.29) is 11.8 Å². The summed E-state index contributed by atoms with van der Waals surface area (Å²) in [4.78, 5) is 15.9. The first-order valence-electron chi connectivity index (χ1n) is 5.34. The molecule has 1 aromatic rings. The Hall–Kier alpha value is -1.01. The van der Waals surface area contributed by atoms with Crippen LogP contribution < -0.4 is 11.1 Å². The van der Waals surface area contributed by atoms with Crippen molar-refractivity contribution in [3.63, 3.8) is 0 Å². The summed E-state index contributed by atoms with van der Waals surface area (Å²) in [5.41, 5.74) is 5.59. The summed E-state index contributed by atoms with van der Waals surface area (Å²) >= 11 is 1.19. The van der Waals surface area contributed by atoms with Crippen LogP contribution in [0.4, 0.5) is 5.13 Å². The molecule has 1 atom stereocenters. The molecule has 0 aliphatic carbocycles. The lowest BCUT2D eigenvalue weighted by molar-refractivity contribution is -0.120. The number of carbonyl (C=O) groups excluding carboxylic acids is 1. The summed E-state index contributed by atoms with van der Waals surface area (Å²) in [5.74, 6) is 0.917. The van der Waals surface area contributed by atoms with E-state index in [2.05, 4.69) is 28.5 Å². The molecule has 0 aliphatic heterocycles. The van der Waals surface area contributed by atoms with E-state index in [1.54, 1.807) is 6.92 Å². The fraction of sp³-hybridized carbons (Fsp3) is 0.700. The van der Waals surface area contributed by atoms with Gasteiger partial charge in [-0.3, -0.25) is 4.79 Å². The number of aryl methyl sites for hydroxylation is 1. The number of rotatable bonds is 5. The van der Waals surface area contributed by atoms with Gasteiger partial charge in [0.25, 0.3) is 0 Å². The zero-order valence-corrected chi connectivity index (χ0v) is 10.7. The molecule has 0 bridgehead atoms. The number of anilines is 1. The number of carbonyl (C=O) groups is 1. The monoisotopic (exact) mass is 242 g/mol. The first-order chi connectivity index (χ1) is 7.52. The van der Waals surface area contributed by atoms with Gasteiger partial charge in [0.05, 0.1) is 5.92 Å². The van der Waals surface area contributed by atoms with Crippen LogP contribution in [0.1, 0.15) is 26.1 Å². The molecule has 1 unspecified atom stereocenters. The number of nitrogens with two attached hydrogens (primary N) is 1. The average molecular weight is 242 g/mol. The third-order valence-corrected chi connectivity index (χ3v) is 2.89. The second kappa shape index (κ2) is 5.91. The highest BCUT2D eigenvalue weighted by Crippen LogP contribution is 2.15. The first kappa shape index (κ1) is 13.1. The van der Waals surface area contributed by atoms with Gasteiger partial charge in [-0.1, -0.05) is 13.8 Å². The van der Waals surface area contributed by atoms with Crippen LogP contribution in [0.2, 0.25) is 0 Å². The van der Waals surface area contributed by atoms with E-state index in [1.165, 1.54) is 11.5 Å². The van der Waals surface area contributed by atoms with Crippen LogP contribution in [-0.4, -0.2) is 21.8 Å². The Morgan fingerprint density at radius 3 is 2.69 bits per heavy atom. The Morgan fingerprint density at radius 2 is 2.25 bits per heavy atom. The summed E-state index contributed by atoms with van der Waals surface area (Å²) in [6.07, 6.45) is 0.792. The summed E-state index contributed by atoms with van der Waals surface area (Å²) in [5, 5.41) is 3.29. The molecule has 0 spiro atoms. The number of amides is 1. The van der Waals surface area contributed by atoms with E-state index in [4.69, 9.17) is 5.73 Å². The molecule has 0 aliphatic rings. The van der Waals surface area contributed by atoms with Gasteiger partial charge in [-0.05, 0) is 19.3 Å². The Balaban J connectivity index is 2.55. The van der Waals surface area contributed by atoms with Crippen molar-refractivity contribution >= 4 is 22.6 Å². The van der Waals surface area contributed by atoms with Crippen LogP contribution in [0.25, 0.3) is 0 Å².